The third-order valence-corrected chi connectivity index (χ3v) is 3.83. The minimum atomic E-state index is -0.566. The fourth-order valence-corrected chi connectivity index (χ4v) is 2.46. The largest absolute Gasteiger partial charge is 0.457 e. The van der Waals surface area contributed by atoms with E-state index < -0.39 is 17.8 Å². The van der Waals surface area contributed by atoms with Crippen molar-refractivity contribution in [1.29, 1.82) is 0 Å². The maximum absolute atomic E-state index is 12.2. The number of carbonyl (C=O) groups excluding carboxylic acids is 3. The highest BCUT2D eigenvalue weighted by Gasteiger charge is 2.25. The number of hydrogen-bond donors (Lipinski definition) is 0. The molecule has 0 atom stereocenters. The molecule has 0 saturated heterocycles. The molecule has 0 aromatic heterocycles. The number of hydrogen-bond acceptors (Lipinski definition) is 4. The second kappa shape index (κ2) is 6.68. The third-order valence-electron chi connectivity index (χ3n) is 3.47. The first-order chi connectivity index (χ1) is 11.6. The van der Waals surface area contributed by atoms with Gasteiger partial charge in [-0.25, -0.2) is 9.69 Å². The molecule has 1 aliphatic heterocycles. The van der Waals surface area contributed by atoms with Crippen molar-refractivity contribution < 1.29 is 19.1 Å². The lowest BCUT2D eigenvalue weighted by atomic mass is 10.2. The minimum absolute atomic E-state index is 0.0336. The van der Waals surface area contributed by atoms with Crippen molar-refractivity contribution >= 4 is 35.1 Å². The molecule has 0 fully saturated rings. The molecule has 120 valence electrons. The van der Waals surface area contributed by atoms with Crippen LogP contribution in [0.25, 0.3) is 0 Å². The second-order valence-electron chi connectivity index (χ2n) is 5.06. The SMILES string of the molecule is O=C(OCc1ccccc1Cl)c1cccc(N2C(=O)C=CC2=O)c1. The van der Waals surface area contributed by atoms with Gasteiger partial charge >= 0.3 is 5.97 Å². The number of anilines is 1. The van der Waals surface area contributed by atoms with Crippen molar-refractivity contribution in [3.05, 3.63) is 76.8 Å². The molecule has 1 aliphatic rings. The van der Waals surface area contributed by atoms with Gasteiger partial charge in [0.25, 0.3) is 11.8 Å². The van der Waals surface area contributed by atoms with Crippen LogP contribution in [0.1, 0.15) is 15.9 Å². The third kappa shape index (κ3) is 3.21. The number of esters is 1. The quantitative estimate of drug-likeness (QED) is 0.633. The summed E-state index contributed by atoms with van der Waals surface area (Å²) in [5.41, 5.74) is 1.26. The number of rotatable bonds is 4. The van der Waals surface area contributed by atoms with Gasteiger partial charge in [-0.3, -0.25) is 9.59 Å². The van der Waals surface area contributed by atoms with Crippen LogP contribution in [0.4, 0.5) is 5.69 Å². The van der Waals surface area contributed by atoms with Crippen molar-refractivity contribution in [3.8, 4) is 0 Å². The van der Waals surface area contributed by atoms with Gasteiger partial charge in [-0.2, -0.15) is 0 Å². The smallest absolute Gasteiger partial charge is 0.338 e. The summed E-state index contributed by atoms with van der Waals surface area (Å²) in [4.78, 5) is 36.6. The highest BCUT2D eigenvalue weighted by molar-refractivity contribution is 6.31. The van der Waals surface area contributed by atoms with Gasteiger partial charge in [0.1, 0.15) is 6.61 Å². The van der Waals surface area contributed by atoms with Crippen LogP contribution in [0.5, 0.6) is 0 Å². The normalized spacial score (nSPS) is 13.5. The van der Waals surface area contributed by atoms with Crippen LogP contribution >= 0.6 is 11.6 Å². The Kier molecular flexibility index (Phi) is 4.44. The summed E-state index contributed by atoms with van der Waals surface area (Å²) in [6.45, 7) is 0.0336. The van der Waals surface area contributed by atoms with Crippen molar-refractivity contribution in [2.75, 3.05) is 4.90 Å². The first kappa shape index (κ1) is 16.0. The molecule has 0 bridgehead atoms. The Balaban J connectivity index is 1.74. The predicted molar refractivity (Wildman–Crippen MR) is 88.6 cm³/mol. The maximum atomic E-state index is 12.2. The number of imide groups is 1. The van der Waals surface area contributed by atoms with E-state index in [0.29, 0.717) is 16.3 Å². The molecule has 0 saturated carbocycles. The van der Waals surface area contributed by atoms with E-state index in [0.717, 1.165) is 4.90 Å². The first-order valence-electron chi connectivity index (χ1n) is 7.13. The van der Waals surface area contributed by atoms with Gasteiger partial charge in [0, 0.05) is 22.7 Å². The van der Waals surface area contributed by atoms with E-state index in [4.69, 9.17) is 16.3 Å². The monoisotopic (exact) mass is 341 g/mol. The highest BCUT2D eigenvalue weighted by Crippen LogP contribution is 2.21. The summed E-state index contributed by atoms with van der Waals surface area (Å²) in [7, 11) is 0. The summed E-state index contributed by atoms with van der Waals surface area (Å²) >= 11 is 6.02. The van der Waals surface area contributed by atoms with Crippen molar-refractivity contribution in [3.63, 3.8) is 0 Å². The van der Waals surface area contributed by atoms with Gasteiger partial charge in [0.05, 0.1) is 11.3 Å². The molecule has 0 N–H and O–H groups in total. The van der Waals surface area contributed by atoms with E-state index in [1.165, 1.54) is 18.2 Å². The average molecular weight is 342 g/mol. The number of amides is 2. The summed E-state index contributed by atoms with van der Waals surface area (Å²) in [6.07, 6.45) is 2.37. The van der Waals surface area contributed by atoms with Gasteiger partial charge in [-0.05, 0) is 24.3 Å². The zero-order chi connectivity index (χ0) is 17.1. The molecule has 0 radical (unpaired) electrons. The molecule has 6 heteroatoms. The molecule has 3 rings (SSSR count). The van der Waals surface area contributed by atoms with E-state index in [2.05, 4.69) is 0 Å². The molecule has 0 spiro atoms. The lowest BCUT2D eigenvalue weighted by molar-refractivity contribution is -0.119. The van der Waals surface area contributed by atoms with E-state index in [9.17, 15) is 14.4 Å². The molecule has 2 amide bonds. The van der Waals surface area contributed by atoms with Crippen molar-refractivity contribution in [2.45, 2.75) is 6.61 Å². The van der Waals surface area contributed by atoms with E-state index in [-0.39, 0.29) is 12.2 Å². The van der Waals surface area contributed by atoms with Gasteiger partial charge in [-0.1, -0.05) is 35.9 Å². The Bertz CT molecular complexity index is 842. The number of nitrogens with zero attached hydrogens (tertiary/aromatic N) is 1. The molecule has 0 unspecified atom stereocenters. The lowest BCUT2D eigenvalue weighted by Gasteiger charge is -2.14. The Labute approximate surface area is 143 Å². The van der Waals surface area contributed by atoms with Gasteiger partial charge in [0.2, 0.25) is 0 Å². The number of halogens is 1. The zero-order valence-electron chi connectivity index (χ0n) is 12.4. The maximum Gasteiger partial charge on any atom is 0.338 e. The number of ether oxygens (including phenoxy) is 1. The van der Waals surface area contributed by atoms with Crippen LogP contribution < -0.4 is 4.90 Å². The predicted octanol–water partition coefficient (Wildman–Crippen LogP) is 3.13. The molecular formula is C18H12ClNO4. The second-order valence-corrected chi connectivity index (χ2v) is 5.47. The van der Waals surface area contributed by atoms with Gasteiger partial charge in [-0.15, -0.1) is 0 Å². The van der Waals surface area contributed by atoms with Crippen LogP contribution in [0, 0.1) is 0 Å². The van der Waals surface area contributed by atoms with Crippen LogP contribution in [0.3, 0.4) is 0 Å². The zero-order valence-corrected chi connectivity index (χ0v) is 13.2. The molecule has 1 heterocycles. The summed E-state index contributed by atoms with van der Waals surface area (Å²) in [5, 5.41) is 0.512. The summed E-state index contributed by atoms with van der Waals surface area (Å²) < 4.78 is 5.24. The molecule has 2 aromatic carbocycles. The van der Waals surface area contributed by atoms with Crippen LogP contribution in [-0.2, 0) is 20.9 Å². The Morgan fingerprint density at radius 3 is 2.42 bits per heavy atom. The molecule has 24 heavy (non-hydrogen) atoms. The molecular weight excluding hydrogens is 330 g/mol. The summed E-state index contributed by atoms with van der Waals surface area (Å²) in [5.74, 6) is -1.45. The van der Waals surface area contributed by atoms with E-state index in [1.54, 1.807) is 42.5 Å². The standard InChI is InChI=1S/C18H12ClNO4/c19-15-7-2-1-4-13(15)11-24-18(23)12-5-3-6-14(10-12)20-16(21)8-9-17(20)22/h1-10H,11H2. The first-order valence-corrected chi connectivity index (χ1v) is 7.51. The van der Waals surface area contributed by atoms with E-state index in [1.807, 2.05) is 0 Å². The van der Waals surface area contributed by atoms with Crippen LogP contribution in [0.15, 0.2) is 60.7 Å². The van der Waals surface area contributed by atoms with Crippen molar-refractivity contribution in [2.24, 2.45) is 0 Å². The fourth-order valence-electron chi connectivity index (χ4n) is 2.27. The molecule has 0 aliphatic carbocycles. The van der Waals surface area contributed by atoms with Crippen molar-refractivity contribution in [1.82, 2.24) is 0 Å². The number of carbonyl (C=O) groups is 3. The fraction of sp³-hybridized carbons (Fsp3) is 0.0556. The van der Waals surface area contributed by atoms with Gasteiger partial charge in [0.15, 0.2) is 0 Å². The molecule has 2 aromatic rings. The topological polar surface area (TPSA) is 63.7 Å². The van der Waals surface area contributed by atoms with Gasteiger partial charge < -0.3 is 4.74 Å². The highest BCUT2D eigenvalue weighted by atomic mass is 35.5. The average Bonchev–Trinajstić information content (AvgIpc) is 2.92. The van der Waals surface area contributed by atoms with E-state index >= 15 is 0 Å². The lowest BCUT2D eigenvalue weighted by Crippen LogP contribution is -2.29. The van der Waals surface area contributed by atoms with Crippen LogP contribution in [0.2, 0.25) is 5.02 Å². The Morgan fingerprint density at radius 1 is 1.00 bits per heavy atom. The minimum Gasteiger partial charge on any atom is -0.457 e. The van der Waals surface area contributed by atoms with Crippen LogP contribution in [-0.4, -0.2) is 17.8 Å². The Morgan fingerprint density at radius 2 is 1.71 bits per heavy atom. The Hall–Kier alpha value is -2.92. The molecule has 5 nitrogen and oxygen atoms in total. The summed E-state index contributed by atoms with van der Waals surface area (Å²) in [6, 6.07) is 13.2. The number of benzene rings is 2.